The first-order valence-electron chi connectivity index (χ1n) is 7.22. The minimum atomic E-state index is -2.81. The number of rotatable bonds is 5. The molecule has 0 bridgehead atoms. The monoisotopic (exact) mass is 316 g/mol. The summed E-state index contributed by atoms with van der Waals surface area (Å²) in [7, 11) is -2.81. The van der Waals surface area contributed by atoms with Crippen LogP contribution in [0.25, 0.3) is 0 Å². The summed E-state index contributed by atoms with van der Waals surface area (Å²) in [5, 5.41) is 3.35. The van der Waals surface area contributed by atoms with Gasteiger partial charge in [-0.05, 0) is 38.1 Å². The van der Waals surface area contributed by atoms with Crippen molar-refractivity contribution in [1.29, 1.82) is 0 Å². The van der Waals surface area contributed by atoms with Crippen LogP contribution in [0.3, 0.4) is 0 Å². The Hall–Kier alpha value is -0.430. The summed E-state index contributed by atoms with van der Waals surface area (Å²) in [5.41, 5.74) is 1.35. The number of sulfone groups is 1. The average molecular weight is 316 g/mol. The minimum absolute atomic E-state index is 0.306. The molecule has 1 aliphatic heterocycles. The Labute approximate surface area is 126 Å². The highest BCUT2D eigenvalue weighted by atomic mass is 32.2. The van der Waals surface area contributed by atoms with E-state index in [1.54, 1.807) is 0 Å². The van der Waals surface area contributed by atoms with Gasteiger partial charge < -0.3 is 5.32 Å². The zero-order valence-corrected chi connectivity index (χ0v) is 13.9. The van der Waals surface area contributed by atoms with Gasteiger partial charge in [-0.2, -0.15) is 0 Å². The third kappa shape index (κ3) is 4.55. The molecule has 1 N–H and O–H groups in total. The normalized spacial score (nSPS) is 19.9. The van der Waals surface area contributed by atoms with Crippen LogP contribution in [0, 0.1) is 6.92 Å². The molecule has 1 fully saturated rings. The van der Waals surface area contributed by atoms with Crippen LogP contribution >= 0.6 is 11.3 Å². The van der Waals surface area contributed by atoms with Crippen LogP contribution in [0.1, 0.15) is 28.7 Å². The lowest BCUT2D eigenvalue weighted by atomic mass is 10.2. The summed E-state index contributed by atoms with van der Waals surface area (Å²) in [6, 6.07) is 2.27. The molecule has 0 radical (unpaired) electrons. The summed E-state index contributed by atoms with van der Waals surface area (Å²) in [5.74, 6) is 0.651. The number of aryl methyl sites for hydroxylation is 1. The quantitative estimate of drug-likeness (QED) is 0.900. The summed E-state index contributed by atoms with van der Waals surface area (Å²) in [4.78, 5) is 4.99. The van der Waals surface area contributed by atoms with Crippen molar-refractivity contribution in [2.75, 3.05) is 31.1 Å². The van der Waals surface area contributed by atoms with Crippen LogP contribution in [-0.4, -0.2) is 44.5 Å². The van der Waals surface area contributed by atoms with E-state index in [9.17, 15) is 8.42 Å². The maximum absolute atomic E-state index is 11.6. The van der Waals surface area contributed by atoms with E-state index < -0.39 is 9.84 Å². The number of thiophene rings is 1. The van der Waals surface area contributed by atoms with Gasteiger partial charge in [0.05, 0.1) is 11.5 Å². The van der Waals surface area contributed by atoms with Gasteiger partial charge in [-0.25, -0.2) is 8.42 Å². The SMILES string of the molecule is CCNCc1cc(CN2CCCS(=O)(=O)CC2)c(C)s1. The summed E-state index contributed by atoms with van der Waals surface area (Å²) in [6.07, 6.45) is 0.760. The van der Waals surface area contributed by atoms with Gasteiger partial charge in [0.1, 0.15) is 0 Å². The lowest BCUT2D eigenvalue weighted by Crippen LogP contribution is -2.26. The predicted octanol–water partition coefficient (Wildman–Crippen LogP) is 1.79. The first-order valence-corrected chi connectivity index (χ1v) is 9.85. The molecule has 2 rings (SSSR count). The zero-order chi connectivity index (χ0) is 14.6. The van der Waals surface area contributed by atoms with E-state index in [0.717, 1.165) is 32.6 Å². The maximum atomic E-state index is 11.6. The third-order valence-corrected chi connectivity index (χ3v) is 6.47. The van der Waals surface area contributed by atoms with E-state index in [0.29, 0.717) is 18.1 Å². The molecule has 2 heterocycles. The number of nitrogens with zero attached hydrogens (tertiary/aromatic N) is 1. The standard InChI is InChI=1S/C14H24N2O2S2/c1-3-15-10-14-9-13(12(2)19-14)11-16-5-4-7-20(17,18)8-6-16/h9,15H,3-8,10-11H2,1-2H3. The topological polar surface area (TPSA) is 49.4 Å². The van der Waals surface area contributed by atoms with Gasteiger partial charge in [0.15, 0.2) is 9.84 Å². The Morgan fingerprint density at radius 1 is 1.35 bits per heavy atom. The predicted molar refractivity (Wildman–Crippen MR) is 85.0 cm³/mol. The zero-order valence-electron chi connectivity index (χ0n) is 12.3. The van der Waals surface area contributed by atoms with Crippen LogP contribution in [0.5, 0.6) is 0 Å². The Morgan fingerprint density at radius 3 is 2.90 bits per heavy atom. The van der Waals surface area contributed by atoms with Gasteiger partial charge in [0.2, 0.25) is 0 Å². The molecule has 1 aromatic rings. The van der Waals surface area contributed by atoms with Gasteiger partial charge in [0, 0.05) is 29.4 Å². The molecule has 0 aliphatic carbocycles. The largest absolute Gasteiger partial charge is 0.312 e. The highest BCUT2D eigenvalue weighted by Crippen LogP contribution is 2.23. The lowest BCUT2D eigenvalue weighted by Gasteiger charge is -2.18. The molecule has 0 aromatic carbocycles. The number of nitrogens with one attached hydrogen (secondary N) is 1. The Morgan fingerprint density at radius 2 is 2.15 bits per heavy atom. The van der Waals surface area contributed by atoms with Crippen molar-refractivity contribution >= 4 is 21.2 Å². The number of hydrogen-bond donors (Lipinski definition) is 1. The van der Waals surface area contributed by atoms with E-state index in [2.05, 4.69) is 30.1 Å². The van der Waals surface area contributed by atoms with Crippen LogP contribution in [0.4, 0.5) is 0 Å². The lowest BCUT2D eigenvalue weighted by molar-refractivity contribution is 0.287. The van der Waals surface area contributed by atoms with Crippen molar-refractivity contribution in [2.45, 2.75) is 33.4 Å². The molecule has 0 unspecified atom stereocenters. The number of hydrogen-bond acceptors (Lipinski definition) is 5. The minimum Gasteiger partial charge on any atom is -0.312 e. The molecule has 6 heteroatoms. The highest BCUT2D eigenvalue weighted by molar-refractivity contribution is 7.91. The molecule has 1 saturated heterocycles. The van der Waals surface area contributed by atoms with Crippen molar-refractivity contribution in [2.24, 2.45) is 0 Å². The van der Waals surface area contributed by atoms with Crippen molar-refractivity contribution in [3.8, 4) is 0 Å². The van der Waals surface area contributed by atoms with E-state index in [-0.39, 0.29) is 0 Å². The van der Waals surface area contributed by atoms with Crippen molar-refractivity contribution < 1.29 is 8.42 Å². The highest BCUT2D eigenvalue weighted by Gasteiger charge is 2.20. The molecule has 0 atom stereocenters. The Balaban J connectivity index is 1.97. The first kappa shape index (κ1) is 15.9. The smallest absolute Gasteiger partial charge is 0.151 e. The molecule has 0 spiro atoms. The van der Waals surface area contributed by atoms with Gasteiger partial charge >= 0.3 is 0 Å². The van der Waals surface area contributed by atoms with E-state index in [1.807, 2.05) is 11.3 Å². The van der Waals surface area contributed by atoms with Crippen LogP contribution in [-0.2, 0) is 22.9 Å². The molecule has 0 amide bonds. The molecular formula is C14H24N2O2S2. The Bertz CT molecular complexity index is 537. The fourth-order valence-electron chi connectivity index (χ4n) is 2.47. The van der Waals surface area contributed by atoms with Crippen molar-refractivity contribution in [3.63, 3.8) is 0 Å². The molecule has 0 saturated carbocycles. The second-order valence-electron chi connectivity index (χ2n) is 5.36. The van der Waals surface area contributed by atoms with Gasteiger partial charge in [-0.15, -0.1) is 11.3 Å². The van der Waals surface area contributed by atoms with Crippen LogP contribution in [0.15, 0.2) is 6.07 Å². The van der Waals surface area contributed by atoms with E-state index in [4.69, 9.17) is 0 Å². The van der Waals surface area contributed by atoms with Gasteiger partial charge in [-0.1, -0.05) is 6.92 Å². The van der Waals surface area contributed by atoms with Gasteiger partial charge in [0.25, 0.3) is 0 Å². The van der Waals surface area contributed by atoms with Crippen molar-refractivity contribution in [3.05, 3.63) is 21.4 Å². The maximum Gasteiger partial charge on any atom is 0.151 e. The average Bonchev–Trinajstić information content (AvgIpc) is 2.63. The molecule has 114 valence electrons. The molecular weight excluding hydrogens is 292 g/mol. The second-order valence-corrected chi connectivity index (χ2v) is 9.00. The second kappa shape index (κ2) is 7.02. The fraction of sp³-hybridized carbons (Fsp3) is 0.714. The van der Waals surface area contributed by atoms with Gasteiger partial charge in [-0.3, -0.25) is 4.90 Å². The molecule has 1 aromatic heterocycles. The Kier molecular flexibility index (Phi) is 5.60. The van der Waals surface area contributed by atoms with E-state index >= 15 is 0 Å². The van der Waals surface area contributed by atoms with Crippen LogP contribution < -0.4 is 5.32 Å². The first-order chi connectivity index (χ1) is 9.50. The summed E-state index contributed by atoms with van der Waals surface area (Å²) >= 11 is 1.84. The van der Waals surface area contributed by atoms with Crippen LogP contribution in [0.2, 0.25) is 0 Å². The molecule has 20 heavy (non-hydrogen) atoms. The van der Waals surface area contributed by atoms with E-state index in [1.165, 1.54) is 15.3 Å². The molecule has 4 nitrogen and oxygen atoms in total. The summed E-state index contributed by atoms with van der Waals surface area (Å²) < 4.78 is 23.2. The van der Waals surface area contributed by atoms with Crippen molar-refractivity contribution in [1.82, 2.24) is 10.2 Å². The fourth-order valence-corrected chi connectivity index (χ4v) is 4.80. The third-order valence-electron chi connectivity index (χ3n) is 3.66. The molecule has 1 aliphatic rings. The summed E-state index contributed by atoms with van der Waals surface area (Å²) in [6.45, 7) is 8.61.